The fourth-order valence-corrected chi connectivity index (χ4v) is 3.83. The van der Waals surface area contributed by atoms with Crippen LogP contribution in [0.5, 0.6) is 11.5 Å². The number of hydrogen-bond donors (Lipinski definition) is 1. The van der Waals surface area contributed by atoms with Crippen LogP contribution in [0.2, 0.25) is 0 Å². The molecule has 1 N–H and O–H groups in total. The monoisotopic (exact) mass is 390 g/mol. The first-order chi connectivity index (χ1) is 12.8. The van der Waals surface area contributed by atoms with Crippen molar-refractivity contribution in [2.75, 3.05) is 20.8 Å². The van der Waals surface area contributed by atoms with E-state index < -0.39 is 0 Å². The summed E-state index contributed by atoms with van der Waals surface area (Å²) >= 11 is 1.78. The van der Waals surface area contributed by atoms with E-state index in [-0.39, 0.29) is 18.0 Å². The van der Waals surface area contributed by atoms with Crippen LogP contribution in [0.4, 0.5) is 0 Å². The van der Waals surface area contributed by atoms with Gasteiger partial charge in [0.05, 0.1) is 26.8 Å². The summed E-state index contributed by atoms with van der Waals surface area (Å²) in [6.45, 7) is 9.41. The van der Waals surface area contributed by atoms with Gasteiger partial charge in [-0.05, 0) is 58.0 Å². The second-order valence-corrected chi connectivity index (χ2v) is 8.28. The Kier molecular flexibility index (Phi) is 7.68. The molecule has 5 nitrogen and oxygen atoms in total. The van der Waals surface area contributed by atoms with Crippen molar-refractivity contribution in [1.82, 2.24) is 10.2 Å². The highest BCUT2D eigenvalue weighted by Gasteiger charge is 2.19. The van der Waals surface area contributed by atoms with Crippen LogP contribution in [0.25, 0.3) is 0 Å². The molecule has 0 saturated carbocycles. The lowest BCUT2D eigenvalue weighted by Gasteiger charge is -2.26. The van der Waals surface area contributed by atoms with Crippen LogP contribution in [-0.2, 0) is 11.3 Å². The van der Waals surface area contributed by atoms with E-state index >= 15 is 0 Å². The first-order valence-electron chi connectivity index (χ1n) is 9.14. The van der Waals surface area contributed by atoms with Crippen molar-refractivity contribution in [1.29, 1.82) is 0 Å². The molecule has 2 rings (SSSR count). The highest BCUT2D eigenvalue weighted by Crippen LogP contribution is 2.29. The van der Waals surface area contributed by atoms with Crippen LogP contribution in [0.3, 0.4) is 0 Å². The quantitative estimate of drug-likeness (QED) is 0.698. The van der Waals surface area contributed by atoms with Crippen LogP contribution >= 0.6 is 11.3 Å². The van der Waals surface area contributed by atoms with Crippen LogP contribution in [0.1, 0.15) is 42.1 Å². The third-order valence-corrected chi connectivity index (χ3v) is 5.50. The molecule has 1 atom stereocenters. The van der Waals surface area contributed by atoms with Crippen molar-refractivity contribution in [2.24, 2.45) is 0 Å². The number of nitrogens with zero attached hydrogens (tertiary/aromatic N) is 1. The summed E-state index contributed by atoms with van der Waals surface area (Å²) in [5.74, 6) is 1.47. The van der Waals surface area contributed by atoms with Crippen molar-refractivity contribution in [3.8, 4) is 11.5 Å². The molecule has 0 saturated heterocycles. The zero-order valence-corrected chi connectivity index (χ0v) is 17.9. The fraction of sp³-hybridized carbons (Fsp3) is 0.476. The van der Waals surface area contributed by atoms with Gasteiger partial charge in [0.1, 0.15) is 11.5 Å². The number of aryl methyl sites for hydroxylation is 1. The number of ether oxygens (including phenoxy) is 2. The van der Waals surface area contributed by atoms with Crippen LogP contribution in [0, 0.1) is 6.92 Å². The highest BCUT2D eigenvalue weighted by atomic mass is 32.1. The maximum Gasteiger partial charge on any atom is 0.234 e. The number of thiophene rings is 1. The number of hydrogen-bond acceptors (Lipinski definition) is 5. The van der Waals surface area contributed by atoms with E-state index in [4.69, 9.17) is 9.47 Å². The second-order valence-electron chi connectivity index (χ2n) is 6.91. The van der Waals surface area contributed by atoms with E-state index in [0.29, 0.717) is 6.54 Å². The van der Waals surface area contributed by atoms with Crippen molar-refractivity contribution in [3.05, 3.63) is 45.6 Å². The molecule has 0 aliphatic carbocycles. The molecule has 1 heterocycles. The average molecular weight is 391 g/mol. The van der Waals surface area contributed by atoms with Crippen LogP contribution in [0.15, 0.2) is 30.3 Å². The highest BCUT2D eigenvalue weighted by molar-refractivity contribution is 7.11. The van der Waals surface area contributed by atoms with Gasteiger partial charge >= 0.3 is 0 Å². The molecule has 0 radical (unpaired) electrons. The van der Waals surface area contributed by atoms with Crippen molar-refractivity contribution in [3.63, 3.8) is 0 Å². The minimum absolute atomic E-state index is 0.00523. The molecule has 0 unspecified atom stereocenters. The molecular formula is C21H30N2O3S. The Labute approximate surface area is 166 Å². The molecular weight excluding hydrogens is 360 g/mol. The lowest BCUT2D eigenvalue weighted by molar-refractivity contribution is -0.123. The van der Waals surface area contributed by atoms with Gasteiger partial charge in [-0.25, -0.2) is 0 Å². The number of carbonyl (C=O) groups excluding carboxylic acids is 1. The van der Waals surface area contributed by atoms with Gasteiger partial charge in [-0.2, -0.15) is 0 Å². The van der Waals surface area contributed by atoms with Crippen LogP contribution in [-0.4, -0.2) is 37.6 Å². The van der Waals surface area contributed by atoms with Gasteiger partial charge in [-0.3, -0.25) is 9.69 Å². The van der Waals surface area contributed by atoms with Gasteiger partial charge in [0.15, 0.2) is 0 Å². The molecule has 148 valence electrons. The molecule has 2 aromatic rings. The smallest absolute Gasteiger partial charge is 0.234 e. The number of nitrogens with one attached hydrogen (secondary N) is 1. The van der Waals surface area contributed by atoms with Gasteiger partial charge < -0.3 is 14.8 Å². The maximum absolute atomic E-state index is 12.7. The van der Waals surface area contributed by atoms with Crippen molar-refractivity contribution < 1.29 is 14.3 Å². The van der Waals surface area contributed by atoms with Crippen molar-refractivity contribution in [2.45, 2.75) is 46.3 Å². The van der Waals surface area contributed by atoms with E-state index in [0.717, 1.165) is 23.6 Å². The zero-order chi connectivity index (χ0) is 20.0. The fourth-order valence-electron chi connectivity index (χ4n) is 2.92. The van der Waals surface area contributed by atoms with E-state index in [1.54, 1.807) is 25.6 Å². The molecule has 1 amide bonds. The van der Waals surface area contributed by atoms with Crippen molar-refractivity contribution >= 4 is 17.2 Å². The van der Waals surface area contributed by atoms with Gasteiger partial charge in [0.2, 0.25) is 5.91 Å². The van der Waals surface area contributed by atoms with E-state index in [2.05, 4.69) is 43.1 Å². The Balaban J connectivity index is 2.04. The lowest BCUT2D eigenvalue weighted by atomic mass is 10.1. The third-order valence-electron chi connectivity index (χ3n) is 4.51. The Morgan fingerprint density at radius 2 is 1.89 bits per heavy atom. The summed E-state index contributed by atoms with van der Waals surface area (Å²) < 4.78 is 10.7. The number of benzene rings is 1. The minimum Gasteiger partial charge on any atom is -0.497 e. The predicted octanol–water partition coefficient (Wildman–Crippen LogP) is 4.16. The largest absolute Gasteiger partial charge is 0.497 e. The first-order valence-corrected chi connectivity index (χ1v) is 9.96. The van der Waals surface area contributed by atoms with Gasteiger partial charge in [0.25, 0.3) is 0 Å². The minimum atomic E-state index is -0.180. The molecule has 0 fully saturated rings. The Morgan fingerprint density at radius 1 is 1.15 bits per heavy atom. The standard InChI is InChI=1S/C21H30N2O3S/c1-14(2)23(12-18-9-7-15(3)27-18)13-21(24)22-16(4)19-11-17(25-5)8-10-20(19)26-6/h7-11,14,16H,12-13H2,1-6H3,(H,22,24)/t16-/m0/s1. The topological polar surface area (TPSA) is 50.8 Å². The number of carbonyl (C=O) groups is 1. The molecule has 1 aromatic heterocycles. The SMILES string of the molecule is COc1ccc(OC)c([C@H](C)NC(=O)CN(Cc2ccc(C)s2)C(C)C)c1. The molecule has 27 heavy (non-hydrogen) atoms. The first kappa shape index (κ1) is 21.3. The van der Waals surface area contributed by atoms with E-state index in [1.807, 2.05) is 25.1 Å². The maximum atomic E-state index is 12.7. The molecule has 6 heteroatoms. The molecule has 0 bridgehead atoms. The third kappa shape index (κ3) is 5.97. The Hall–Kier alpha value is -2.05. The predicted molar refractivity (Wildman–Crippen MR) is 111 cm³/mol. The van der Waals surface area contributed by atoms with Gasteiger partial charge in [0, 0.05) is 27.9 Å². The summed E-state index contributed by atoms with van der Waals surface area (Å²) in [6, 6.07) is 9.96. The van der Waals surface area contributed by atoms with Gasteiger partial charge in [-0.1, -0.05) is 0 Å². The number of rotatable bonds is 9. The zero-order valence-electron chi connectivity index (χ0n) is 17.0. The molecule has 0 aliphatic heterocycles. The molecule has 0 aliphatic rings. The van der Waals surface area contributed by atoms with E-state index in [1.165, 1.54) is 9.75 Å². The molecule has 1 aromatic carbocycles. The average Bonchev–Trinajstić information content (AvgIpc) is 3.05. The summed E-state index contributed by atoms with van der Waals surface area (Å²) in [6.07, 6.45) is 0. The molecule has 0 spiro atoms. The van der Waals surface area contributed by atoms with Gasteiger partial charge in [-0.15, -0.1) is 11.3 Å². The summed E-state index contributed by atoms with van der Waals surface area (Å²) in [5, 5.41) is 3.09. The lowest BCUT2D eigenvalue weighted by Crippen LogP contribution is -2.41. The number of amides is 1. The van der Waals surface area contributed by atoms with Crippen LogP contribution < -0.4 is 14.8 Å². The summed E-state index contributed by atoms with van der Waals surface area (Å²) in [7, 11) is 3.25. The Morgan fingerprint density at radius 3 is 2.44 bits per heavy atom. The second kappa shape index (κ2) is 9.76. The summed E-state index contributed by atoms with van der Waals surface area (Å²) in [5.41, 5.74) is 0.898. The number of methoxy groups -OCH3 is 2. The summed E-state index contributed by atoms with van der Waals surface area (Å²) in [4.78, 5) is 17.4. The Bertz CT molecular complexity index is 758. The van der Waals surface area contributed by atoms with E-state index in [9.17, 15) is 4.79 Å². The normalized spacial score (nSPS) is 12.3.